The molecule has 1 aromatic rings. The van der Waals surface area contributed by atoms with Crippen molar-refractivity contribution in [1.29, 1.82) is 0 Å². The number of aliphatic carboxylic acids is 1. The number of ether oxygens (including phenoxy) is 5. The van der Waals surface area contributed by atoms with E-state index in [0.717, 1.165) is 32.1 Å². The number of likely N-dealkylation sites (N-methyl/N-ethyl adjacent to an activating group) is 1. The van der Waals surface area contributed by atoms with Crippen LogP contribution in [-0.4, -0.2) is 284 Å². The number of primary amides is 1. The van der Waals surface area contributed by atoms with Crippen LogP contribution in [0.3, 0.4) is 0 Å². The number of hydrogen-bond acceptors (Lipinski definition) is 27. The largest absolute Gasteiger partial charge is 0.485 e. The molecule has 2 saturated heterocycles. The molecule has 6 heterocycles. The maximum atomic E-state index is 16.5. The molecule has 5 unspecified atom stereocenters. The third kappa shape index (κ3) is 22.8. The molecule has 23 N–H and O–H groups in total. The Morgan fingerprint density at radius 1 is 0.709 bits per heavy atom. The molecule has 36 nitrogen and oxygen atoms in total. The van der Waals surface area contributed by atoms with E-state index in [1.807, 2.05) is 13.8 Å². The Balaban J connectivity index is 1.11. The quantitative estimate of drug-likeness (QED) is 0.0341. The zero-order valence-corrected chi connectivity index (χ0v) is 69.6. The maximum absolute atomic E-state index is 16.5. The first-order valence-corrected chi connectivity index (χ1v) is 44.2. The second-order valence-electron chi connectivity index (χ2n) is 34.8. The highest BCUT2D eigenvalue weighted by molar-refractivity contribution is 7.89. The lowest BCUT2D eigenvalue weighted by Crippen LogP contribution is -2.66. The first kappa shape index (κ1) is 93.6. The van der Waals surface area contributed by atoms with Crippen molar-refractivity contribution in [1.82, 2.24) is 47.3 Å². The normalized spacial score (nSPS) is 39.4. The summed E-state index contributed by atoms with van der Waals surface area (Å²) >= 11 is 14.9. The van der Waals surface area contributed by atoms with Crippen molar-refractivity contribution < 1.29 is 122 Å². The second kappa shape index (κ2) is 41.0. The molecule has 12 rings (SSSR count). The lowest BCUT2D eigenvalue weighted by molar-refractivity contribution is -0.286. The van der Waals surface area contributed by atoms with Crippen molar-refractivity contribution in [3.05, 3.63) is 17.7 Å². The Labute approximate surface area is 691 Å². The molecule has 6 aliphatic heterocycles. The highest BCUT2D eigenvalue weighted by Gasteiger charge is 2.57. The van der Waals surface area contributed by atoms with Gasteiger partial charge in [-0.3, -0.25) is 33.6 Å². The number of fused-ring (bicyclic) bond motifs is 15. The number of nitrogens with two attached hydrogens (primary N) is 2. The highest BCUT2D eigenvalue weighted by atomic mass is 35.5. The van der Waals surface area contributed by atoms with E-state index in [-0.39, 0.29) is 131 Å². The average molecular weight is 1720 g/mol. The van der Waals surface area contributed by atoms with Gasteiger partial charge in [-0.25, -0.2) is 17.9 Å². The van der Waals surface area contributed by atoms with Crippen molar-refractivity contribution in [3.63, 3.8) is 0 Å². The van der Waals surface area contributed by atoms with Gasteiger partial charge in [0.05, 0.1) is 77.8 Å². The number of hydrogen-bond donors (Lipinski definition) is 21. The Morgan fingerprint density at radius 2 is 1.33 bits per heavy atom. The summed E-state index contributed by atoms with van der Waals surface area (Å²) in [7, 11) is -2.16. The molecule has 5 aliphatic carbocycles. The van der Waals surface area contributed by atoms with Gasteiger partial charge in [0.2, 0.25) is 57.1 Å². The Hall–Kier alpha value is -5.69. The maximum Gasteiger partial charge on any atom is 0.326 e. The van der Waals surface area contributed by atoms with Gasteiger partial charge in [0.15, 0.2) is 17.8 Å². The van der Waals surface area contributed by atoms with Crippen molar-refractivity contribution in [2.75, 3.05) is 39.0 Å². The zero-order chi connectivity index (χ0) is 85.4. The van der Waals surface area contributed by atoms with Crippen LogP contribution in [0.4, 0.5) is 0 Å². The van der Waals surface area contributed by atoms with E-state index in [9.17, 15) is 73.9 Å². The molecule has 32 atom stereocenters. The van der Waals surface area contributed by atoms with Gasteiger partial charge in [-0.1, -0.05) is 52.9 Å². The van der Waals surface area contributed by atoms with E-state index in [4.69, 9.17) is 58.4 Å². The number of rotatable bonds is 26. The minimum atomic E-state index is -3.68. The number of alkyl halides is 2. The molecule has 39 heteroatoms. The van der Waals surface area contributed by atoms with E-state index in [1.165, 1.54) is 19.2 Å². The monoisotopic (exact) mass is 1720 g/mol. The van der Waals surface area contributed by atoms with Crippen molar-refractivity contribution in [2.45, 2.75) is 307 Å². The van der Waals surface area contributed by atoms with E-state index in [0.29, 0.717) is 6.42 Å². The zero-order valence-electron chi connectivity index (χ0n) is 67.2. The molecule has 0 aromatic heterocycles. The third-order valence-electron chi connectivity index (χ3n) is 25.7. The first-order valence-electron chi connectivity index (χ1n) is 41.6. The summed E-state index contributed by atoms with van der Waals surface area (Å²) in [6, 6.07) is -10.5. The number of halogens is 2. The fraction of sp³-hybridized carbons (Fsp3) is 0.821. The SMILES string of the molecule is CCCCCCCCS(=O)(=O)NCCNCC1C(O)C2C3C[C@H](CC[C@H]3O)[C@H]3NC(=O)[C@@H]4NC(=O)[C@H](CC(N)=O)NC(=O)[C@H](NC(=O)[C@@H](CC(C)C)NC)[C@H](O)[C@H]5CC[C@@H](Oc6cc4cc(c6O[C@@H]4C[C@H](CO)[C@@H](O)[C@H](O)[C@H]4O[C@H]4C[C@](C)(N)[C@H](O)[C@H](C)O4)O[C@@H]4CC[C@@H](C[C@@H]4Cl)[C@@H](O)[C@H](NC3=O)C(=O)N[C@H](C(=O)O)C2C[C@@H]1O)[C@H](Cl)C5. The van der Waals surface area contributed by atoms with E-state index in [2.05, 4.69) is 54.2 Å². The fourth-order valence-electron chi connectivity index (χ4n) is 19.2. The summed E-state index contributed by atoms with van der Waals surface area (Å²) < 4.78 is 62.4. The summed E-state index contributed by atoms with van der Waals surface area (Å²) in [4.78, 5) is 120. The molecule has 662 valence electrons. The summed E-state index contributed by atoms with van der Waals surface area (Å²) in [5.41, 5.74) is 10.9. The molecule has 117 heavy (non-hydrogen) atoms. The Morgan fingerprint density at radius 3 is 1.94 bits per heavy atom. The summed E-state index contributed by atoms with van der Waals surface area (Å²) in [5.74, 6) is -20.2. The number of benzene rings is 1. The molecule has 0 spiro atoms. The van der Waals surface area contributed by atoms with Gasteiger partial charge < -0.3 is 129 Å². The molecule has 11 aliphatic rings. The van der Waals surface area contributed by atoms with Crippen LogP contribution in [0.5, 0.6) is 17.2 Å². The van der Waals surface area contributed by atoms with Crippen LogP contribution in [0.2, 0.25) is 0 Å². The van der Waals surface area contributed by atoms with Crippen LogP contribution >= 0.6 is 23.2 Å². The van der Waals surface area contributed by atoms with Crippen LogP contribution < -0.4 is 72.9 Å². The van der Waals surface area contributed by atoms with Crippen molar-refractivity contribution in [3.8, 4) is 17.2 Å². The number of unbranched alkanes of at least 4 members (excludes halogenated alkanes) is 5. The second-order valence-corrected chi connectivity index (χ2v) is 37.8. The lowest BCUT2D eigenvalue weighted by Gasteiger charge is -2.51. The third-order valence-corrected chi connectivity index (χ3v) is 28.1. The fourth-order valence-corrected chi connectivity index (χ4v) is 21.1. The molecular weight excluding hydrogens is 1590 g/mol. The minimum Gasteiger partial charge on any atom is -0.485 e. The number of carbonyl (C=O) groups is 8. The minimum absolute atomic E-state index is 0.0177. The lowest BCUT2D eigenvalue weighted by atomic mass is 9.58. The number of aliphatic hydroxyl groups excluding tert-OH is 9. The topological polar surface area (TPSA) is 579 Å². The van der Waals surface area contributed by atoms with Crippen molar-refractivity contribution in [2.24, 2.45) is 64.7 Å². The number of carboxylic acids is 1. The van der Waals surface area contributed by atoms with Gasteiger partial charge in [0.1, 0.15) is 66.8 Å². The van der Waals surface area contributed by atoms with Crippen LogP contribution in [0.25, 0.3) is 0 Å². The summed E-state index contributed by atoms with van der Waals surface area (Å²) in [5, 5.41) is 139. The highest BCUT2D eigenvalue weighted by Crippen LogP contribution is 2.51. The average Bonchev–Trinajstić information content (AvgIpc) is 0.758. The smallest absolute Gasteiger partial charge is 0.326 e. The molecule has 7 fully saturated rings. The number of nitrogens with one attached hydrogen (secondary N) is 9. The Bertz CT molecular complexity index is 3710. The van der Waals surface area contributed by atoms with E-state index < -0.39 is 268 Å². The van der Waals surface area contributed by atoms with Gasteiger partial charge in [-0.15, -0.1) is 23.2 Å². The molecular formula is C78H125Cl2N11O25S. The number of carbonyl (C=O) groups excluding carboxylic acids is 7. The van der Waals surface area contributed by atoms with Gasteiger partial charge in [-0.2, -0.15) is 0 Å². The molecule has 1 aromatic carbocycles. The van der Waals surface area contributed by atoms with E-state index >= 15 is 24.0 Å². The Kier molecular flexibility index (Phi) is 32.8. The first-order chi connectivity index (χ1) is 55.3. The van der Waals surface area contributed by atoms with Gasteiger partial charge in [0, 0.05) is 50.0 Å². The standard InChI is InChI=1S/C78H125Cl2N11O25S/c1-7-8-9-10-11-12-21-117(110,111)85-20-19-84-32-43-49(94)29-42-57(66(43)99)41-23-36(13-16-48(41)93)58-73(104)91-62(76(107)89-60(42)77(108)109)64(97)38-15-18-51(45(80)25-38)114-53-27-39-26-52(68(53)115-54-28-40(33-92)65(98)67(100)69(54)116-56-31-78(5,82)70(101)35(4)112-56)113-50-17-14-37(24-44(50)79)63(96)61(90-71(102)46(83-6)22-34(2)3)75(106)86-47(30-55(81)95)72(103)87-59(39)74(105)88-58/h26-27,34-38,40-51,54,56-67,69-70,83-85,92-94,96-101H,7-25,28-33,82H2,1-6H3,(H2,81,95)(H,86,106)(H,87,103)(H,88,105)(H,89,107)(H,90,102)(H,91,104)(H,108,109)/t35-,36-,37-,38-,40+,41?,42?,43?,44+,45-,46+,47-,48+,49-,50+,51+,54+,56-,57?,58+,59+,60-,61+,62-,63+,64+,65+,66?,67-,69-,70+,78-/m0/s1. The predicted molar refractivity (Wildman–Crippen MR) is 422 cm³/mol. The molecule has 7 amide bonds. The van der Waals surface area contributed by atoms with Crippen molar-refractivity contribution >= 4 is 80.5 Å². The predicted octanol–water partition coefficient (Wildman–Crippen LogP) is -2.37. The van der Waals surface area contributed by atoms with Gasteiger partial charge >= 0.3 is 5.97 Å². The molecule has 0 radical (unpaired) electrons. The van der Waals surface area contributed by atoms with Gasteiger partial charge in [0.25, 0.3) is 0 Å². The summed E-state index contributed by atoms with van der Waals surface area (Å²) in [6.07, 6.45) is -18.0. The van der Waals surface area contributed by atoms with Crippen LogP contribution in [-0.2, 0) is 57.9 Å². The number of sulfonamides is 1. The van der Waals surface area contributed by atoms with E-state index in [1.54, 1.807) is 13.8 Å². The summed E-state index contributed by atoms with van der Waals surface area (Å²) in [6.45, 7) is 7.99. The van der Waals surface area contributed by atoms with Crippen LogP contribution in [0, 0.1) is 53.3 Å². The van der Waals surface area contributed by atoms with Crippen LogP contribution in [0.1, 0.15) is 175 Å². The number of amides is 7. The van der Waals surface area contributed by atoms with Crippen LogP contribution in [0.15, 0.2) is 12.1 Å². The van der Waals surface area contributed by atoms with Gasteiger partial charge in [-0.05, 0) is 163 Å². The number of aliphatic hydroxyl groups is 9. The number of carboxylic acid groups (broad SMARTS) is 1. The molecule has 5 saturated carbocycles. The molecule has 11 bridgehead atoms.